The maximum atomic E-state index is 11.2. The molecule has 1 aliphatic rings. The number of carbonyl (C=O) groups is 1. The lowest BCUT2D eigenvalue weighted by atomic mass is 10.1. The highest BCUT2D eigenvalue weighted by Crippen LogP contribution is 2.27. The standard InChI is InChI=1S/C14H22N2O3S/c1-3-6-11-12(13(17)18)20-14(15-11)16(2)9-10-7-4-5-8-19-10/h10H,3-9H2,1-2H3,(H,17,18). The average molecular weight is 298 g/mol. The van der Waals surface area contributed by atoms with E-state index in [2.05, 4.69) is 4.98 Å². The van der Waals surface area contributed by atoms with Gasteiger partial charge in [-0.15, -0.1) is 0 Å². The first kappa shape index (κ1) is 15.3. The summed E-state index contributed by atoms with van der Waals surface area (Å²) >= 11 is 1.26. The normalized spacial score (nSPS) is 19.0. The van der Waals surface area contributed by atoms with Crippen LogP contribution in [0.5, 0.6) is 0 Å². The summed E-state index contributed by atoms with van der Waals surface area (Å²) in [5.41, 5.74) is 0.705. The second-order valence-corrected chi connectivity index (χ2v) is 6.17. The zero-order chi connectivity index (χ0) is 14.5. The largest absolute Gasteiger partial charge is 0.477 e. The monoisotopic (exact) mass is 298 g/mol. The number of aromatic nitrogens is 1. The molecule has 2 heterocycles. The Labute approximate surface area is 123 Å². The van der Waals surface area contributed by atoms with E-state index in [4.69, 9.17) is 4.74 Å². The number of nitrogens with zero attached hydrogens (tertiary/aromatic N) is 2. The van der Waals surface area contributed by atoms with Gasteiger partial charge in [-0.1, -0.05) is 24.7 Å². The van der Waals surface area contributed by atoms with Crippen LogP contribution in [0.3, 0.4) is 0 Å². The van der Waals surface area contributed by atoms with Crippen molar-refractivity contribution in [3.8, 4) is 0 Å². The van der Waals surface area contributed by atoms with Crippen LogP contribution < -0.4 is 4.90 Å². The summed E-state index contributed by atoms with van der Waals surface area (Å²) in [7, 11) is 1.96. The van der Waals surface area contributed by atoms with Gasteiger partial charge in [0, 0.05) is 20.2 Å². The van der Waals surface area contributed by atoms with E-state index in [1.165, 1.54) is 17.8 Å². The van der Waals surface area contributed by atoms with Crippen molar-refractivity contribution in [3.05, 3.63) is 10.6 Å². The Morgan fingerprint density at radius 3 is 2.95 bits per heavy atom. The van der Waals surface area contributed by atoms with E-state index in [-0.39, 0.29) is 6.10 Å². The van der Waals surface area contributed by atoms with Crippen LogP contribution in [0.1, 0.15) is 48.0 Å². The molecule has 1 aromatic rings. The summed E-state index contributed by atoms with van der Waals surface area (Å²) in [6.07, 6.45) is 5.27. The van der Waals surface area contributed by atoms with Gasteiger partial charge in [0.25, 0.3) is 0 Å². The molecule has 1 atom stereocenters. The van der Waals surface area contributed by atoms with Gasteiger partial charge in [0.2, 0.25) is 0 Å². The Hall–Kier alpha value is -1.14. The van der Waals surface area contributed by atoms with Crippen molar-refractivity contribution in [2.75, 3.05) is 25.1 Å². The third kappa shape index (κ3) is 3.70. The Morgan fingerprint density at radius 1 is 1.55 bits per heavy atom. The molecule has 0 spiro atoms. The molecule has 0 bridgehead atoms. The Bertz CT molecular complexity index is 455. The molecule has 1 aromatic heterocycles. The van der Waals surface area contributed by atoms with Gasteiger partial charge in [-0.05, 0) is 25.7 Å². The number of aryl methyl sites for hydroxylation is 1. The molecule has 20 heavy (non-hydrogen) atoms. The van der Waals surface area contributed by atoms with Gasteiger partial charge in [0.15, 0.2) is 5.13 Å². The number of thiazole rings is 1. The van der Waals surface area contributed by atoms with Gasteiger partial charge in [-0.3, -0.25) is 0 Å². The van der Waals surface area contributed by atoms with E-state index >= 15 is 0 Å². The van der Waals surface area contributed by atoms with E-state index in [0.29, 0.717) is 17.0 Å². The molecule has 0 amide bonds. The zero-order valence-corrected chi connectivity index (χ0v) is 12.9. The van der Waals surface area contributed by atoms with Crippen LogP contribution in [0, 0.1) is 0 Å². The van der Waals surface area contributed by atoms with Crippen molar-refractivity contribution in [2.24, 2.45) is 0 Å². The predicted octanol–water partition coefficient (Wildman–Crippen LogP) is 2.80. The minimum absolute atomic E-state index is 0.237. The summed E-state index contributed by atoms with van der Waals surface area (Å²) in [6.45, 7) is 3.64. The fourth-order valence-electron chi connectivity index (χ4n) is 2.41. The molecule has 1 aliphatic heterocycles. The second kappa shape index (κ2) is 7.04. The summed E-state index contributed by atoms with van der Waals surface area (Å²) in [4.78, 5) is 18.1. The van der Waals surface area contributed by atoms with Crippen LogP contribution >= 0.6 is 11.3 Å². The van der Waals surface area contributed by atoms with Crippen LogP contribution in [-0.4, -0.2) is 42.4 Å². The van der Waals surface area contributed by atoms with Gasteiger partial charge in [-0.2, -0.15) is 0 Å². The highest BCUT2D eigenvalue weighted by Gasteiger charge is 2.21. The van der Waals surface area contributed by atoms with Crippen molar-refractivity contribution in [3.63, 3.8) is 0 Å². The van der Waals surface area contributed by atoms with Gasteiger partial charge < -0.3 is 14.7 Å². The average Bonchev–Trinajstić information content (AvgIpc) is 2.85. The first-order valence-corrected chi connectivity index (χ1v) is 7.99. The number of likely N-dealkylation sites (N-methyl/N-ethyl adjacent to an activating group) is 1. The van der Waals surface area contributed by atoms with Gasteiger partial charge in [-0.25, -0.2) is 9.78 Å². The molecule has 1 N–H and O–H groups in total. The maximum absolute atomic E-state index is 11.2. The summed E-state index contributed by atoms with van der Waals surface area (Å²) < 4.78 is 5.72. The van der Waals surface area contributed by atoms with E-state index < -0.39 is 5.97 Å². The minimum atomic E-state index is -0.875. The lowest BCUT2D eigenvalue weighted by molar-refractivity contribution is 0.0216. The fourth-order valence-corrected chi connectivity index (χ4v) is 3.33. The lowest BCUT2D eigenvalue weighted by Crippen LogP contribution is -2.33. The molecular formula is C14H22N2O3S. The Morgan fingerprint density at radius 2 is 2.35 bits per heavy atom. The van der Waals surface area contributed by atoms with Crippen LogP contribution in [-0.2, 0) is 11.2 Å². The predicted molar refractivity (Wildman–Crippen MR) is 79.9 cm³/mol. The number of carboxylic acids is 1. The van der Waals surface area contributed by atoms with Crippen molar-refractivity contribution in [2.45, 2.75) is 45.1 Å². The lowest BCUT2D eigenvalue weighted by Gasteiger charge is -2.27. The number of anilines is 1. The summed E-state index contributed by atoms with van der Waals surface area (Å²) in [5.74, 6) is -0.875. The SMILES string of the molecule is CCCc1nc(N(C)CC2CCCCO2)sc1C(=O)O. The molecule has 5 nitrogen and oxygen atoms in total. The quantitative estimate of drug-likeness (QED) is 0.875. The van der Waals surface area contributed by atoms with Crippen molar-refractivity contribution >= 4 is 22.4 Å². The van der Waals surface area contributed by atoms with Crippen LogP contribution in [0.2, 0.25) is 0 Å². The van der Waals surface area contributed by atoms with Crippen molar-refractivity contribution < 1.29 is 14.6 Å². The van der Waals surface area contributed by atoms with E-state index in [1.54, 1.807) is 0 Å². The highest BCUT2D eigenvalue weighted by molar-refractivity contribution is 7.17. The number of carboxylic acid groups (broad SMARTS) is 1. The zero-order valence-electron chi connectivity index (χ0n) is 12.1. The first-order valence-electron chi connectivity index (χ1n) is 7.17. The molecular weight excluding hydrogens is 276 g/mol. The number of aromatic carboxylic acids is 1. The maximum Gasteiger partial charge on any atom is 0.347 e. The van der Waals surface area contributed by atoms with Gasteiger partial charge in [0.05, 0.1) is 11.8 Å². The molecule has 0 radical (unpaired) electrons. The van der Waals surface area contributed by atoms with Crippen LogP contribution in [0.25, 0.3) is 0 Å². The number of hydrogen-bond donors (Lipinski definition) is 1. The van der Waals surface area contributed by atoms with E-state index in [9.17, 15) is 9.90 Å². The smallest absolute Gasteiger partial charge is 0.347 e. The molecule has 1 saturated heterocycles. The van der Waals surface area contributed by atoms with Gasteiger partial charge in [0.1, 0.15) is 4.88 Å². The molecule has 0 saturated carbocycles. The third-order valence-corrected chi connectivity index (χ3v) is 4.65. The number of hydrogen-bond acceptors (Lipinski definition) is 5. The van der Waals surface area contributed by atoms with E-state index in [1.807, 2.05) is 18.9 Å². The van der Waals surface area contributed by atoms with E-state index in [0.717, 1.165) is 37.5 Å². The second-order valence-electron chi connectivity index (χ2n) is 5.20. The fraction of sp³-hybridized carbons (Fsp3) is 0.714. The molecule has 1 unspecified atom stereocenters. The Kier molecular flexibility index (Phi) is 5.37. The third-order valence-electron chi connectivity index (χ3n) is 3.45. The summed E-state index contributed by atoms with van der Waals surface area (Å²) in [6, 6.07) is 0. The van der Waals surface area contributed by atoms with Crippen LogP contribution in [0.15, 0.2) is 0 Å². The van der Waals surface area contributed by atoms with Crippen LogP contribution in [0.4, 0.5) is 5.13 Å². The Balaban J connectivity index is 2.06. The molecule has 0 aromatic carbocycles. The molecule has 1 fully saturated rings. The van der Waals surface area contributed by atoms with Crippen molar-refractivity contribution in [1.29, 1.82) is 0 Å². The highest BCUT2D eigenvalue weighted by atomic mass is 32.1. The molecule has 112 valence electrons. The molecule has 6 heteroatoms. The first-order chi connectivity index (χ1) is 9.61. The van der Waals surface area contributed by atoms with Gasteiger partial charge >= 0.3 is 5.97 Å². The number of ether oxygens (including phenoxy) is 1. The topological polar surface area (TPSA) is 62.7 Å². The van der Waals surface area contributed by atoms with Crippen molar-refractivity contribution in [1.82, 2.24) is 4.98 Å². The minimum Gasteiger partial charge on any atom is -0.477 e. The molecule has 2 rings (SSSR count). The molecule has 0 aliphatic carbocycles. The summed E-state index contributed by atoms with van der Waals surface area (Å²) in [5, 5.41) is 10.0. The number of rotatable bonds is 6.